The van der Waals surface area contributed by atoms with Crippen LogP contribution in [0.15, 0.2) is 0 Å². The molecule has 0 aliphatic heterocycles. The topological polar surface area (TPSA) is 89.6 Å². The van der Waals surface area contributed by atoms with Gasteiger partial charge < -0.3 is 15.2 Å². The van der Waals surface area contributed by atoms with Gasteiger partial charge in [-0.15, -0.1) is 0 Å². The molecule has 0 heterocycles. The van der Waals surface area contributed by atoms with Gasteiger partial charge in [0.2, 0.25) is 0 Å². The van der Waals surface area contributed by atoms with Crippen molar-refractivity contribution < 1.29 is 18.8 Å². The van der Waals surface area contributed by atoms with Crippen LogP contribution in [0.4, 0.5) is 0 Å². The lowest BCUT2D eigenvalue weighted by molar-refractivity contribution is -0.119. The first kappa shape index (κ1) is 12.8. The molecule has 0 aliphatic rings. The molecule has 0 aromatic rings. The lowest BCUT2D eigenvalue weighted by Crippen LogP contribution is -2.33. The summed E-state index contributed by atoms with van der Waals surface area (Å²) in [6.07, 6.45) is -0.0270. The van der Waals surface area contributed by atoms with E-state index < -0.39 is 13.6 Å². The standard InChI is InChI=1S/C7H16NO4P/c1-3-7(9)6(8)5-13(10,11)12-4-2/h6H,3-5,8H2,1-2H3,(H,10,11)/t6-/m1/s1. The largest absolute Gasteiger partial charge is 0.330 e. The van der Waals surface area contributed by atoms with E-state index in [1.807, 2.05) is 0 Å². The molecule has 0 spiro atoms. The van der Waals surface area contributed by atoms with Crippen molar-refractivity contribution in [1.82, 2.24) is 0 Å². The molecular weight excluding hydrogens is 193 g/mol. The molecule has 0 radical (unpaired) electrons. The van der Waals surface area contributed by atoms with Gasteiger partial charge in [-0.3, -0.25) is 9.36 Å². The van der Waals surface area contributed by atoms with E-state index in [4.69, 9.17) is 10.6 Å². The van der Waals surface area contributed by atoms with Crippen LogP contribution < -0.4 is 5.73 Å². The van der Waals surface area contributed by atoms with E-state index in [1.54, 1.807) is 13.8 Å². The molecule has 6 heteroatoms. The summed E-state index contributed by atoms with van der Waals surface area (Å²) in [5, 5.41) is 0. The van der Waals surface area contributed by atoms with E-state index >= 15 is 0 Å². The Kier molecular flexibility index (Phi) is 5.40. The summed E-state index contributed by atoms with van der Waals surface area (Å²) in [5.41, 5.74) is 5.38. The van der Waals surface area contributed by atoms with Gasteiger partial charge >= 0.3 is 7.60 Å². The zero-order valence-electron chi connectivity index (χ0n) is 7.90. The van der Waals surface area contributed by atoms with Crippen molar-refractivity contribution in [2.45, 2.75) is 26.3 Å². The molecule has 5 nitrogen and oxygen atoms in total. The van der Waals surface area contributed by atoms with Crippen molar-refractivity contribution in [3.8, 4) is 0 Å². The average molecular weight is 209 g/mol. The molecule has 0 aromatic heterocycles. The minimum Gasteiger partial charge on any atom is -0.324 e. The number of Topliss-reactive ketones (excluding diaryl/α,β-unsaturated/α-hetero) is 1. The summed E-state index contributed by atoms with van der Waals surface area (Å²) in [5.74, 6) is -0.228. The van der Waals surface area contributed by atoms with Gasteiger partial charge in [0, 0.05) is 6.42 Å². The van der Waals surface area contributed by atoms with Crippen LogP contribution in [0, 0.1) is 0 Å². The highest BCUT2D eigenvalue weighted by molar-refractivity contribution is 7.52. The zero-order valence-corrected chi connectivity index (χ0v) is 8.79. The number of hydrogen-bond acceptors (Lipinski definition) is 4. The maximum atomic E-state index is 11.1. The third-order valence-corrected chi connectivity index (χ3v) is 3.04. The first-order valence-electron chi connectivity index (χ1n) is 4.17. The van der Waals surface area contributed by atoms with Crippen molar-refractivity contribution in [2.24, 2.45) is 5.73 Å². The van der Waals surface area contributed by atoms with E-state index in [0.29, 0.717) is 0 Å². The zero-order chi connectivity index (χ0) is 10.5. The molecule has 0 saturated carbocycles. The van der Waals surface area contributed by atoms with Gasteiger partial charge in [0.15, 0.2) is 0 Å². The first-order chi connectivity index (χ1) is 5.93. The van der Waals surface area contributed by atoms with Gasteiger partial charge in [0.05, 0.1) is 18.8 Å². The average Bonchev–Trinajstić information content (AvgIpc) is 2.01. The molecule has 0 bridgehead atoms. The number of carbonyl (C=O) groups is 1. The molecule has 0 fully saturated rings. The summed E-state index contributed by atoms with van der Waals surface area (Å²) >= 11 is 0. The lowest BCUT2D eigenvalue weighted by Gasteiger charge is -2.14. The van der Waals surface area contributed by atoms with Gasteiger partial charge in [-0.25, -0.2) is 0 Å². The fourth-order valence-electron chi connectivity index (χ4n) is 0.867. The number of ketones is 1. The summed E-state index contributed by atoms with van der Waals surface area (Å²) in [6, 6.07) is -0.896. The molecule has 0 saturated heterocycles. The van der Waals surface area contributed by atoms with Crippen LogP contribution in [0.25, 0.3) is 0 Å². The van der Waals surface area contributed by atoms with Crippen LogP contribution in [0.5, 0.6) is 0 Å². The molecule has 0 amide bonds. The van der Waals surface area contributed by atoms with Gasteiger partial charge in [-0.2, -0.15) is 0 Å². The third-order valence-electron chi connectivity index (χ3n) is 1.52. The van der Waals surface area contributed by atoms with Crippen molar-refractivity contribution in [3.63, 3.8) is 0 Å². The molecule has 0 rings (SSSR count). The number of nitrogens with two attached hydrogens (primary N) is 1. The summed E-state index contributed by atoms with van der Waals surface area (Å²) in [7, 11) is -3.66. The highest BCUT2D eigenvalue weighted by atomic mass is 31.2. The van der Waals surface area contributed by atoms with Crippen molar-refractivity contribution >= 4 is 13.4 Å². The molecule has 2 atom stereocenters. The summed E-state index contributed by atoms with van der Waals surface area (Å²) in [4.78, 5) is 20.1. The summed E-state index contributed by atoms with van der Waals surface area (Å²) < 4.78 is 15.7. The maximum absolute atomic E-state index is 11.1. The summed E-state index contributed by atoms with van der Waals surface area (Å²) in [6.45, 7) is 3.40. The molecule has 78 valence electrons. The second-order valence-electron chi connectivity index (χ2n) is 2.66. The molecule has 13 heavy (non-hydrogen) atoms. The smallest absolute Gasteiger partial charge is 0.324 e. The number of hydrogen-bond donors (Lipinski definition) is 2. The third kappa shape index (κ3) is 5.16. The maximum Gasteiger partial charge on any atom is 0.330 e. The number of rotatable bonds is 6. The van der Waals surface area contributed by atoms with Crippen LogP contribution in [0.2, 0.25) is 0 Å². The van der Waals surface area contributed by atoms with E-state index in [2.05, 4.69) is 4.52 Å². The van der Waals surface area contributed by atoms with E-state index in [0.717, 1.165) is 0 Å². The minimum absolute atomic E-state index is 0.140. The Morgan fingerprint density at radius 3 is 2.54 bits per heavy atom. The Morgan fingerprint density at radius 2 is 2.15 bits per heavy atom. The van der Waals surface area contributed by atoms with Crippen molar-refractivity contribution in [3.05, 3.63) is 0 Å². The Labute approximate surface area is 77.8 Å². The van der Waals surface area contributed by atoms with Crippen LogP contribution in [-0.4, -0.2) is 29.5 Å². The van der Waals surface area contributed by atoms with E-state index in [9.17, 15) is 9.36 Å². The first-order valence-corrected chi connectivity index (χ1v) is 5.93. The monoisotopic (exact) mass is 209 g/mol. The fraction of sp³-hybridized carbons (Fsp3) is 0.857. The molecule has 0 aromatic carbocycles. The quantitative estimate of drug-likeness (QED) is 0.622. The number of carbonyl (C=O) groups excluding carboxylic acids is 1. The molecular formula is C7H16NO4P. The molecule has 0 aliphatic carbocycles. The van der Waals surface area contributed by atoms with Gasteiger partial charge in [-0.05, 0) is 6.92 Å². The van der Waals surface area contributed by atoms with Crippen LogP contribution in [0.3, 0.4) is 0 Å². The second-order valence-corrected chi connectivity index (χ2v) is 4.56. The van der Waals surface area contributed by atoms with Crippen LogP contribution in [-0.2, 0) is 13.9 Å². The Balaban J connectivity index is 4.11. The highest BCUT2D eigenvalue weighted by Gasteiger charge is 2.25. The second kappa shape index (κ2) is 5.50. The Morgan fingerprint density at radius 1 is 1.62 bits per heavy atom. The van der Waals surface area contributed by atoms with Crippen LogP contribution in [0.1, 0.15) is 20.3 Å². The SMILES string of the molecule is CCOP(=O)(O)C[C@@H](N)C(=O)CC. The van der Waals surface area contributed by atoms with E-state index in [1.165, 1.54) is 0 Å². The van der Waals surface area contributed by atoms with Crippen molar-refractivity contribution in [1.29, 1.82) is 0 Å². The fourth-order valence-corrected chi connectivity index (χ4v) is 2.08. The predicted octanol–water partition coefficient (Wildman–Crippen LogP) is 0.515. The van der Waals surface area contributed by atoms with Crippen molar-refractivity contribution in [2.75, 3.05) is 12.8 Å². The van der Waals surface area contributed by atoms with E-state index in [-0.39, 0.29) is 25.0 Å². The van der Waals surface area contributed by atoms with Gasteiger partial charge in [-0.1, -0.05) is 6.92 Å². The Hall–Kier alpha value is -0.220. The van der Waals surface area contributed by atoms with Crippen LogP contribution >= 0.6 is 7.60 Å². The minimum atomic E-state index is -3.66. The molecule has 3 N–H and O–H groups in total. The predicted molar refractivity (Wildman–Crippen MR) is 49.6 cm³/mol. The lowest BCUT2D eigenvalue weighted by atomic mass is 10.2. The highest BCUT2D eigenvalue weighted by Crippen LogP contribution is 2.41. The van der Waals surface area contributed by atoms with Gasteiger partial charge in [0.1, 0.15) is 5.78 Å². The normalized spacial score (nSPS) is 17.8. The Bertz CT molecular complexity index is 219. The van der Waals surface area contributed by atoms with Gasteiger partial charge in [0.25, 0.3) is 0 Å². The molecule has 1 unspecified atom stereocenters.